The first-order chi connectivity index (χ1) is 6.16. The average Bonchev–Trinajstić information content (AvgIpc) is 2.04. The molecule has 1 amide bonds. The Bertz CT molecular complexity index is 254. The minimum Gasteiger partial charge on any atom is -0.478 e. The number of hydrogen-bond donors (Lipinski definition) is 2. The van der Waals surface area contributed by atoms with Crippen molar-refractivity contribution in [2.45, 2.75) is 6.42 Å². The van der Waals surface area contributed by atoms with Crippen LogP contribution in [0.25, 0.3) is 0 Å². The molecule has 0 aromatic rings. The van der Waals surface area contributed by atoms with Gasteiger partial charge in [-0.05, 0) is 6.08 Å². The Balaban J connectivity index is 3.69. The molecule has 0 spiro atoms. The molecule has 13 heavy (non-hydrogen) atoms. The van der Waals surface area contributed by atoms with E-state index in [4.69, 9.17) is 5.11 Å². The van der Waals surface area contributed by atoms with Crippen molar-refractivity contribution in [2.24, 2.45) is 0 Å². The van der Waals surface area contributed by atoms with Crippen molar-refractivity contribution in [3.8, 4) is 0 Å². The van der Waals surface area contributed by atoms with Gasteiger partial charge in [0.15, 0.2) is 0 Å². The molecule has 70 valence electrons. The Morgan fingerprint density at radius 2 is 2.15 bits per heavy atom. The third-order valence-corrected chi connectivity index (χ3v) is 1.04. The van der Waals surface area contributed by atoms with Crippen LogP contribution in [-0.2, 0) is 9.59 Å². The average molecular weight is 181 g/mol. The summed E-state index contributed by atoms with van der Waals surface area (Å²) in [6, 6.07) is 0. The van der Waals surface area contributed by atoms with Crippen molar-refractivity contribution in [1.29, 1.82) is 0 Å². The van der Waals surface area contributed by atoms with E-state index in [9.17, 15) is 9.59 Å². The minimum absolute atomic E-state index is 0.0494. The Morgan fingerprint density at radius 1 is 1.46 bits per heavy atom. The number of carbonyl (C=O) groups excluding carboxylic acids is 1. The predicted octanol–water partition coefficient (Wildman–Crippen LogP) is 0.833. The summed E-state index contributed by atoms with van der Waals surface area (Å²) in [5, 5.41) is 10.6. The van der Waals surface area contributed by atoms with Crippen molar-refractivity contribution >= 4 is 11.9 Å². The number of rotatable bonds is 5. The second-order valence-electron chi connectivity index (χ2n) is 2.11. The fraction of sp³-hybridized carbons (Fsp3) is 0.111. The quantitative estimate of drug-likeness (QED) is 0.487. The first kappa shape index (κ1) is 11.2. The van der Waals surface area contributed by atoms with Crippen molar-refractivity contribution < 1.29 is 14.7 Å². The molecule has 0 aliphatic carbocycles. The van der Waals surface area contributed by atoms with Crippen molar-refractivity contribution in [1.82, 2.24) is 5.32 Å². The fourth-order valence-corrected chi connectivity index (χ4v) is 0.535. The largest absolute Gasteiger partial charge is 0.478 e. The zero-order valence-corrected chi connectivity index (χ0v) is 7.06. The lowest BCUT2D eigenvalue weighted by Gasteiger charge is -1.93. The number of nitrogens with one attached hydrogen (secondary N) is 1. The van der Waals surface area contributed by atoms with Gasteiger partial charge >= 0.3 is 5.97 Å². The number of allylic oxidation sites excluding steroid dienone is 2. The SMILES string of the molecule is C=C/C=C/NC(=O)C/C=C/C(=O)O. The number of carbonyl (C=O) groups is 2. The molecule has 0 radical (unpaired) electrons. The Morgan fingerprint density at radius 3 is 2.69 bits per heavy atom. The van der Waals surface area contributed by atoms with Crippen LogP contribution in [0.1, 0.15) is 6.42 Å². The molecule has 0 unspecified atom stereocenters. The number of hydrogen-bond acceptors (Lipinski definition) is 2. The Labute approximate surface area is 76.3 Å². The first-order valence-corrected chi connectivity index (χ1v) is 3.63. The second-order valence-corrected chi connectivity index (χ2v) is 2.11. The second kappa shape index (κ2) is 6.84. The third-order valence-electron chi connectivity index (χ3n) is 1.04. The van der Waals surface area contributed by atoms with Crippen molar-refractivity contribution in [3.63, 3.8) is 0 Å². The maximum absolute atomic E-state index is 10.9. The molecule has 0 aromatic carbocycles. The Hall–Kier alpha value is -1.84. The van der Waals surface area contributed by atoms with Gasteiger partial charge in [0, 0.05) is 18.7 Å². The standard InChI is InChI=1S/C9H11NO3/c1-2-3-7-10-8(11)5-4-6-9(12)13/h2-4,6-7H,1,5H2,(H,10,11)(H,12,13)/b6-4+,7-3+. The lowest BCUT2D eigenvalue weighted by molar-refractivity contribution is -0.131. The van der Waals surface area contributed by atoms with Crippen LogP contribution in [-0.4, -0.2) is 17.0 Å². The van der Waals surface area contributed by atoms with E-state index < -0.39 is 5.97 Å². The van der Waals surface area contributed by atoms with Gasteiger partial charge in [0.25, 0.3) is 0 Å². The molecule has 0 aliphatic heterocycles. The van der Waals surface area contributed by atoms with Gasteiger partial charge in [0.2, 0.25) is 5.91 Å². The van der Waals surface area contributed by atoms with Crippen LogP contribution in [0.2, 0.25) is 0 Å². The summed E-state index contributed by atoms with van der Waals surface area (Å²) in [6.45, 7) is 3.41. The molecule has 2 N–H and O–H groups in total. The molecule has 0 bridgehead atoms. The van der Waals surface area contributed by atoms with Gasteiger partial charge < -0.3 is 10.4 Å². The molecule has 0 rings (SSSR count). The lowest BCUT2D eigenvalue weighted by atomic mass is 10.3. The molecule has 4 heteroatoms. The van der Waals surface area contributed by atoms with Gasteiger partial charge in [0.05, 0.1) is 0 Å². The highest BCUT2D eigenvalue weighted by Crippen LogP contribution is 1.83. The van der Waals surface area contributed by atoms with E-state index in [0.29, 0.717) is 0 Å². The molecule has 0 saturated heterocycles. The highest BCUT2D eigenvalue weighted by atomic mass is 16.4. The normalized spacial score (nSPS) is 10.5. The van der Waals surface area contributed by atoms with Crippen LogP contribution in [0, 0.1) is 0 Å². The highest BCUT2D eigenvalue weighted by Gasteiger charge is 1.93. The zero-order chi connectivity index (χ0) is 10.1. The number of aliphatic carboxylic acids is 1. The highest BCUT2D eigenvalue weighted by molar-refractivity contribution is 5.83. The van der Waals surface area contributed by atoms with Crippen LogP contribution in [0.5, 0.6) is 0 Å². The monoisotopic (exact) mass is 181 g/mol. The molecule has 0 atom stereocenters. The Kier molecular flexibility index (Phi) is 5.88. The van der Waals surface area contributed by atoms with Crippen molar-refractivity contribution in [3.05, 3.63) is 37.1 Å². The van der Waals surface area contributed by atoms with Gasteiger partial charge in [-0.15, -0.1) is 0 Å². The van der Waals surface area contributed by atoms with Crippen molar-refractivity contribution in [2.75, 3.05) is 0 Å². The summed E-state index contributed by atoms with van der Waals surface area (Å²) in [5.74, 6) is -1.33. The van der Waals surface area contributed by atoms with Gasteiger partial charge in [-0.1, -0.05) is 18.7 Å². The van der Waals surface area contributed by atoms with E-state index in [1.807, 2.05) is 0 Å². The molecule has 0 aliphatic rings. The molecule has 0 heterocycles. The van der Waals surface area contributed by atoms with Gasteiger partial charge in [-0.2, -0.15) is 0 Å². The van der Waals surface area contributed by atoms with E-state index in [0.717, 1.165) is 6.08 Å². The fourth-order valence-electron chi connectivity index (χ4n) is 0.535. The van der Waals surface area contributed by atoms with E-state index in [1.54, 1.807) is 6.08 Å². The topological polar surface area (TPSA) is 66.4 Å². The van der Waals surface area contributed by atoms with Gasteiger partial charge in [0.1, 0.15) is 0 Å². The summed E-state index contributed by atoms with van der Waals surface area (Å²) < 4.78 is 0. The maximum atomic E-state index is 10.9. The van der Waals surface area contributed by atoms with Gasteiger partial charge in [-0.25, -0.2) is 4.79 Å². The maximum Gasteiger partial charge on any atom is 0.327 e. The van der Waals surface area contributed by atoms with Crippen LogP contribution in [0.15, 0.2) is 37.1 Å². The molecular weight excluding hydrogens is 170 g/mol. The molecule has 0 fully saturated rings. The number of amides is 1. The van der Waals surface area contributed by atoms with E-state index in [2.05, 4.69) is 11.9 Å². The summed E-state index contributed by atoms with van der Waals surface area (Å²) in [6.07, 6.45) is 6.78. The smallest absolute Gasteiger partial charge is 0.327 e. The summed E-state index contributed by atoms with van der Waals surface area (Å²) in [4.78, 5) is 20.9. The van der Waals surface area contributed by atoms with E-state index in [-0.39, 0.29) is 12.3 Å². The molecule has 0 saturated carbocycles. The summed E-state index contributed by atoms with van der Waals surface area (Å²) in [5.41, 5.74) is 0. The lowest BCUT2D eigenvalue weighted by Crippen LogP contribution is -2.15. The van der Waals surface area contributed by atoms with E-state index >= 15 is 0 Å². The predicted molar refractivity (Wildman–Crippen MR) is 48.9 cm³/mol. The first-order valence-electron chi connectivity index (χ1n) is 3.63. The molecule has 4 nitrogen and oxygen atoms in total. The van der Waals surface area contributed by atoms with Gasteiger partial charge in [-0.3, -0.25) is 4.79 Å². The zero-order valence-electron chi connectivity index (χ0n) is 7.06. The summed E-state index contributed by atoms with van der Waals surface area (Å²) in [7, 11) is 0. The van der Waals surface area contributed by atoms with Crippen LogP contribution < -0.4 is 5.32 Å². The number of carboxylic acid groups (broad SMARTS) is 1. The summed E-state index contributed by atoms with van der Waals surface area (Å²) >= 11 is 0. The minimum atomic E-state index is -1.06. The molecule has 0 aromatic heterocycles. The van der Waals surface area contributed by atoms with E-state index in [1.165, 1.54) is 18.4 Å². The van der Waals surface area contributed by atoms with Crippen LogP contribution in [0.4, 0.5) is 0 Å². The van der Waals surface area contributed by atoms with Crippen LogP contribution in [0.3, 0.4) is 0 Å². The third kappa shape index (κ3) is 8.06. The van der Waals surface area contributed by atoms with Crippen LogP contribution >= 0.6 is 0 Å². The molecular formula is C9H11NO3. The number of carboxylic acids is 1.